The molecule has 0 radical (unpaired) electrons. The monoisotopic (exact) mass is 299 g/mol. The van der Waals surface area contributed by atoms with Gasteiger partial charge in [-0.1, -0.05) is 30.8 Å². The second-order valence-electron chi connectivity index (χ2n) is 5.78. The van der Waals surface area contributed by atoms with Gasteiger partial charge in [-0.05, 0) is 18.8 Å². The molecule has 6 heteroatoms. The van der Waals surface area contributed by atoms with E-state index in [0.29, 0.717) is 38.5 Å². The summed E-state index contributed by atoms with van der Waals surface area (Å²) in [6.07, 6.45) is 8.37. The van der Waals surface area contributed by atoms with Gasteiger partial charge in [0.2, 0.25) is 5.91 Å². The number of amidine groups is 1. The Hall–Kier alpha value is -1.30. The third-order valence-corrected chi connectivity index (χ3v) is 4.12. The number of rotatable bonds is 8. The number of nitrogens with two attached hydrogens (primary N) is 1. The van der Waals surface area contributed by atoms with Crippen LogP contribution in [0.25, 0.3) is 0 Å². The minimum atomic E-state index is 0.152. The average Bonchev–Trinajstić information content (AvgIpc) is 2.75. The summed E-state index contributed by atoms with van der Waals surface area (Å²) < 4.78 is 5.06. The summed E-state index contributed by atoms with van der Waals surface area (Å²) in [6, 6.07) is 0. The van der Waals surface area contributed by atoms with Gasteiger partial charge in [0.05, 0.1) is 6.61 Å². The van der Waals surface area contributed by atoms with Crippen molar-refractivity contribution in [3.8, 4) is 0 Å². The molecule has 1 aliphatic carbocycles. The lowest BCUT2D eigenvalue weighted by Crippen LogP contribution is -2.37. The summed E-state index contributed by atoms with van der Waals surface area (Å²) in [4.78, 5) is 14.2. The Kier molecular flexibility index (Phi) is 8.82. The molecule has 1 saturated carbocycles. The van der Waals surface area contributed by atoms with E-state index in [-0.39, 0.29) is 11.7 Å². The summed E-state index contributed by atoms with van der Waals surface area (Å²) in [5.41, 5.74) is 5.49. The lowest BCUT2D eigenvalue weighted by Gasteiger charge is -2.24. The zero-order chi connectivity index (χ0) is 15.5. The van der Waals surface area contributed by atoms with Crippen LogP contribution in [0.5, 0.6) is 0 Å². The molecule has 0 aromatic carbocycles. The van der Waals surface area contributed by atoms with E-state index < -0.39 is 0 Å². The average molecular weight is 299 g/mol. The molecular formula is C15H29N3O3. The van der Waals surface area contributed by atoms with Crippen LogP contribution in [0, 0.1) is 5.92 Å². The highest BCUT2D eigenvalue weighted by atomic mass is 16.5. The molecule has 0 spiro atoms. The molecule has 0 heterocycles. The van der Waals surface area contributed by atoms with Gasteiger partial charge in [-0.3, -0.25) is 4.79 Å². The summed E-state index contributed by atoms with van der Waals surface area (Å²) in [5, 5.41) is 11.5. The van der Waals surface area contributed by atoms with Crippen LogP contribution in [0.4, 0.5) is 0 Å². The number of ether oxygens (including phenoxy) is 1. The molecule has 0 bridgehead atoms. The normalized spacial score (nSPS) is 17.5. The number of carbonyl (C=O) groups is 1. The van der Waals surface area contributed by atoms with E-state index in [1.807, 2.05) is 0 Å². The van der Waals surface area contributed by atoms with Crippen molar-refractivity contribution in [2.75, 3.05) is 26.8 Å². The van der Waals surface area contributed by atoms with Gasteiger partial charge in [0.25, 0.3) is 0 Å². The van der Waals surface area contributed by atoms with E-state index in [0.717, 1.165) is 12.8 Å². The van der Waals surface area contributed by atoms with Gasteiger partial charge in [-0.2, -0.15) is 0 Å². The predicted molar refractivity (Wildman–Crippen MR) is 82.3 cm³/mol. The maximum Gasteiger partial charge on any atom is 0.222 e. The van der Waals surface area contributed by atoms with E-state index in [9.17, 15) is 4.79 Å². The molecule has 1 amide bonds. The minimum absolute atomic E-state index is 0.152. The Balaban J connectivity index is 2.48. The number of oxime groups is 1. The van der Waals surface area contributed by atoms with Crippen LogP contribution < -0.4 is 5.73 Å². The lowest BCUT2D eigenvalue weighted by atomic mass is 9.96. The third-order valence-electron chi connectivity index (χ3n) is 4.12. The fourth-order valence-electron chi connectivity index (χ4n) is 2.81. The highest BCUT2D eigenvalue weighted by molar-refractivity contribution is 5.81. The van der Waals surface area contributed by atoms with Crippen molar-refractivity contribution in [3.63, 3.8) is 0 Å². The van der Waals surface area contributed by atoms with Crippen LogP contribution in [0.1, 0.15) is 51.4 Å². The standard InChI is InChI=1S/C15H29N3O3/c1-21-11-10-18(9-8-14(16)17-20)15(19)12-13-6-4-2-3-5-7-13/h13,20H,2-12H2,1H3,(H2,16,17). The molecule has 0 atom stereocenters. The SMILES string of the molecule is COCCN(CCC(N)=NO)C(=O)CC1CCCCCC1. The van der Waals surface area contributed by atoms with Crippen molar-refractivity contribution in [2.45, 2.75) is 51.4 Å². The number of hydrogen-bond donors (Lipinski definition) is 2. The second kappa shape index (κ2) is 10.4. The van der Waals surface area contributed by atoms with Gasteiger partial charge < -0.3 is 20.6 Å². The predicted octanol–water partition coefficient (Wildman–Crippen LogP) is 1.96. The highest BCUT2D eigenvalue weighted by Crippen LogP contribution is 2.26. The van der Waals surface area contributed by atoms with Crippen LogP contribution in [0.2, 0.25) is 0 Å². The van der Waals surface area contributed by atoms with Crippen molar-refractivity contribution in [1.82, 2.24) is 4.90 Å². The first-order chi connectivity index (χ1) is 10.2. The van der Waals surface area contributed by atoms with Crippen molar-refractivity contribution in [1.29, 1.82) is 0 Å². The van der Waals surface area contributed by atoms with Gasteiger partial charge in [0, 0.05) is 33.0 Å². The lowest BCUT2D eigenvalue weighted by molar-refractivity contribution is -0.132. The number of hydrogen-bond acceptors (Lipinski definition) is 4. The molecule has 0 aromatic heterocycles. The number of methoxy groups -OCH3 is 1. The van der Waals surface area contributed by atoms with Crippen molar-refractivity contribution >= 4 is 11.7 Å². The molecule has 1 rings (SSSR count). The Bertz CT molecular complexity index is 326. The Morgan fingerprint density at radius 1 is 1.29 bits per heavy atom. The Labute approximate surface area is 127 Å². The van der Waals surface area contributed by atoms with Gasteiger partial charge in [-0.25, -0.2) is 0 Å². The van der Waals surface area contributed by atoms with E-state index in [2.05, 4.69) is 5.16 Å². The molecule has 0 unspecified atom stereocenters. The summed E-state index contributed by atoms with van der Waals surface area (Å²) >= 11 is 0. The van der Waals surface area contributed by atoms with E-state index in [4.69, 9.17) is 15.7 Å². The summed E-state index contributed by atoms with van der Waals surface area (Å²) in [6.45, 7) is 1.54. The molecule has 0 aliphatic heterocycles. The first-order valence-electron chi connectivity index (χ1n) is 7.90. The zero-order valence-corrected chi connectivity index (χ0v) is 13.1. The molecule has 1 aliphatic rings. The molecule has 0 aromatic rings. The minimum Gasteiger partial charge on any atom is -0.409 e. The maximum absolute atomic E-state index is 12.5. The van der Waals surface area contributed by atoms with E-state index >= 15 is 0 Å². The molecule has 1 fully saturated rings. The maximum atomic E-state index is 12.5. The van der Waals surface area contributed by atoms with E-state index in [1.165, 1.54) is 25.7 Å². The Morgan fingerprint density at radius 2 is 1.95 bits per heavy atom. The number of nitrogens with zero attached hydrogens (tertiary/aromatic N) is 2. The third kappa shape index (κ3) is 7.32. The fraction of sp³-hybridized carbons (Fsp3) is 0.867. The zero-order valence-electron chi connectivity index (χ0n) is 13.1. The largest absolute Gasteiger partial charge is 0.409 e. The number of carbonyl (C=O) groups excluding carboxylic acids is 1. The van der Waals surface area contributed by atoms with Crippen molar-refractivity contribution in [3.05, 3.63) is 0 Å². The number of amides is 1. The second-order valence-corrected chi connectivity index (χ2v) is 5.78. The molecule has 122 valence electrons. The van der Waals surface area contributed by atoms with Crippen molar-refractivity contribution < 1.29 is 14.7 Å². The van der Waals surface area contributed by atoms with Crippen molar-refractivity contribution in [2.24, 2.45) is 16.8 Å². The fourth-order valence-corrected chi connectivity index (χ4v) is 2.81. The molecule has 3 N–H and O–H groups in total. The van der Waals surface area contributed by atoms with Gasteiger partial charge in [0.15, 0.2) is 0 Å². The Morgan fingerprint density at radius 3 is 2.52 bits per heavy atom. The van der Waals surface area contributed by atoms with Crippen LogP contribution >= 0.6 is 0 Å². The first-order valence-corrected chi connectivity index (χ1v) is 7.90. The van der Waals surface area contributed by atoms with Gasteiger partial charge in [0.1, 0.15) is 5.84 Å². The van der Waals surface area contributed by atoms with Crippen LogP contribution in [-0.2, 0) is 9.53 Å². The highest BCUT2D eigenvalue weighted by Gasteiger charge is 2.20. The quantitative estimate of drug-likeness (QED) is 0.236. The first kappa shape index (κ1) is 17.8. The van der Waals surface area contributed by atoms with E-state index in [1.54, 1.807) is 12.0 Å². The van der Waals surface area contributed by atoms with Crippen LogP contribution in [-0.4, -0.2) is 48.7 Å². The molecule has 6 nitrogen and oxygen atoms in total. The van der Waals surface area contributed by atoms with Gasteiger partial charge >= 0.3 is 0 Å². The smallest absolute Gasteiger partial charge is 0.222 e. The van der Waals surface area contributed by atoms with Crippen LogP contribution in [0.15, 0.2) is 5.16 Å². The van der Waals surface area contributed by atoms with Crippen LogP contribution in [0.3, 0.4) is 0 Å². The van der Waals surface area contributed by atoms with Gasteiger partial charge in [-0.15, -0.1) is 0 Å². The summed E-state index contributed by atoms with van der Waals surface area (Å²) in [7, 11) is 1.62. The topological polar surface area (TPSA) is 88.2 Å². The molecule has 0 saturated heterocycles. The summed E-state index contributed by atoms with van der Waals surface area (Å²) in [5.74, 6) is 0.818. The molecular weight excluding hydrogens is 270 g/mol. The molecule has 21 heavy (non-hydrogen) atoms.